The van der Waals surface area contributed by atoms with Crippen molar-refractivity contribution in [2.75, 3.05) is 20.7 Å². The minimum Gasteiger partial charge on any atom is -0.381 e. The van der Waals surface area contributed by atoms with Crippen molar-refractivity contribution in [3.05, 3.63) is 33.8 Å². The zero-order valence-corrected chi connectivity index (χ0v) is 15.4. The van der Waals surface area contributed by atoms with Gasteiger partial charge in [0.2, 0.25) is 0 Å². The number of rotatable bonds is 1. The molecule has 0 saturated heterocycles. The second-order valence-electron chi connectivity index (χ2n) is 7.38. The van der Waals surface area contributed by atoms with Gasteiger partial charge in [0, 0.05) is 24.0 Å². The molecule has 1 fully saturated rings. The molecule has 4 rings (SSSR count). The number of nitrogens with two attached hydrogens (primary N) is 1. The van der Waals surface area contributed by atoms with Crippen LogP contribution in [0.5, 0.6) is 0 Å². The molecule has 124 valence electrons. The second-order valence-corrected chi connectivity index (χ2v) is 8.30. The smallest absolute Gasteiger partial charge is 0.192 e. The number of hydrogen-bond acceptors (Lipinski definition) is 4. The molecular weight excluding hydrogens is 354 g/mol. The first-order chi connectivity index (χ1) is 11.0. The van der Waals surface area contributed by atoms with Crippen LogP contribution in [0.1, 0.15) is 36.8 Å². The predicted molar refractivity (Wildman–Crippen MR) is 95.5 cm³/mol. The third-order valence-electron chi connectivity index (χ3n) is 6.31. The van der Waals surface area contributed by atoms with Crippen LogP contribution >= 0.6 is 15.9 Å². The lowest BCUT2D eigenvalue weighted by Gasteiger charge is -2.46. The largest absolute Gasteiger partial charge is 0.381 e. The minimum atomic E-state index is -0.191. The van der Waals surface area contributed by atoms with Gasteiger partial charge in [-0.15, -0.1) is 0 Å². The zero-order valence-electron chi connectivity index (χ0n) is 13.8. The van der Waals surface area contributed by atoms with Gasteiger partial charge in [-0.05, 0) is 55.4 Å². The van der Waals surface area contributed by atoms with Gasteiger partial charge in [-0.3, -0.25) is 0 Å². The number of aliphatic imine (C=N–C) groups is 1. The lowest BCUT2D eigenvalue weighted by molar-refractivity contribution is -0.00333. The molecule has 1 heterocycles. The van der Waals surface area contributed by atoms with Gasteiger partial charge in [0.05, 0.1) is 12.6 Å². The van der Waals surface area contributed by atoms with E-state index in [0.717, 1.165) is 43.1 Å². The summed E-state index contributed by atoms with van der Waals surface area (Å²) in [5, 5.41) is 0. The highest BCUT2D eigenvalue weighted by Gasteiger charge is 2.61. The third-order valence-corrected chi connectivity index (χ3v) is 6.80. The molecule has 2 aliphatic carbocycles. The summed E-state index contributed by atoms with van der Waals surface area (Å²) in [6.07, 6.45) is 6.05. The fourth-order valence-electron chi connectivity index (χ4n) is 5.03. The van der Waals surface area contributed by atoms with Gasteiger partial charge < -0.3 is 15.4 Å². The van der Waals surface area contributed by atoms with Gasteiger partial charge in [-0.2, -0.15) is 0 Å². The molecule has 1 saturated carbocycles. The van der Waals surface area contributed by atoms with Crippen molar-refractivity contribution in [2.45, 2.75) is 43.7 Å². The Morgan fingerprint density at radius 1 is 1.35 bits per heavy atom. The highest BCUT2D eigenvalue weighted by atomic mass is 79.9. The summed E-state index contributed by atoms with van der Waals surface area (Å²) in [4.78, 5) is 7.18. The lowest BCUT2D eigenvalue weighted by atomic mass is 9.61. The van der Waals surface area contributed by atoms with E-state index in [4.69, 9.17) is 15.5 Å². The van der Waals surface area contributed by atoms with Crippen LogP contribution < -0.4 is 5.73 Å². The Labute approximate surface area is 146 Å². The molecule has 0 radical (unpaired) electrons. The van der Waals surface area contributed by atoms with Crippen LogP contribution in [0.3, 0.4) is 0 Å². The van der Waals surface area contributed by atoms with E-state index in [0.29, 0.717) is 12.1 Å². The van der Waals surface area contributed by atoms with E-state index in [2.05, 4.69) is 46.1 Å². The molecule has 0 amide bonds. The maximum Gasteiger partial charge on any atom is 0.192 e. The molecule has 1 aromatic rings. The van der Waals surface area contributed by atoms with Crippen LogP contribution in [0, 0.1) is 5.41 Å². The van der Waals surface area contributed by atoms with E-state index in [-0.39, 0.29) is 11.0 Å². The van der Waals surface area contributed by atoms with E-state index >= 15 is 0 Å². The number of benzene rings is 1. The molecule has 23 heavy (non-hydrogen) atoms. The predicted octanol–water partition coefficient (Wildman–Crippen LogP) is 3.04. The molecule has 1 atom stereocenters. The van der Waals surface area contributed by atoms with Crippen molar-refractivity contribution in [3.63, 3.8) is 0 Å². The first-order valence-electron chi connectivity index (χ1n) is 8.38. The summed E-state index contributed by atoms with van der Waals surface area (Å²) in [5.41, 5.74) is 9.01. The summed E-state index contributed by atoms with van der Waals surface area (Å²) in [5.74, 6) is 0.672. The van der Waals surface area contributed by atoms with Gasteiger partial charge in [-0.1, -0.05) is 22.0 Å². The average molecular weight is 378 g/mol. The fraction of sp³-hybridized carbons (Fsp3) is 0.611. The molecule has 2 spiro atoms. The number of methoxy groups -OCH3 is 1. The summed E-state index contributed by atoms with van der Waals surface area (Å²) in [7, 11) is 3.89. The fourth-order valence-corrected chi connectivity index (χ4v) is 5.39. The molecule has 5 heteroatoms. The molecule has 1 aliphatic heterocycles. The summed E-state index contributed by atoms with van der Waals surface area (Å²) in [6.45, 7) is 0.889. The van der Waals surface area contributed by atoms with Crippen LogP contribution in [-0.4, -0.2) is 37.7 Å². The Kier molecular flexibility index (Phi) is 3.50. The van der Waals surface area contributed by atoms with Crippen molar-refractivity contribution in [3.8, 4) is 0 Å². The molecule has 3 aliphatic rings. The number of ether oxygens (including phenoxy) is 1. The van der Waals surface area contributed by atoms with E-state index in [9.17, 15) is 0 Å². The Morgan fingerprint density at radius 3 is 2.70 bits per heavy atom. The van der Waals surface area contributed by atoms with Crippen LogP contribution in [0.15, 0.2) is 27.7 Å². The lowest BCUT2D eigenvalue weighted by Crippen LogP contribution is -2.47. The quantitative estimate of drug-likeness (QED) is 0.817. The Hall–Kier alpha value is -1.07. The first-order valence-corrected chi connectivity index (χ1v) is 9.17. The molecule has 2 N–H and O–H groups in total. The number of guanidine groups is 1. The summed E-state index contributed by atoms with van der Waals surface area (Å²) in [6, 6.07) is 6.68. The molecule has 0 bridgehead atoms. The summed E-state index contributed by atoms with van der Waals surface area (Å²) >= 11 is 3.65. The van der Waals surface area contributed by atoms with E-state index in [1.54, 1.807) is 0 Å². The number of likely N-dealkylation sites (N-methyl/N-ethyl adjacent to an activating group) is 1. The second kappa shape index (κ2) is 5.21. The van der Waals surface area contributed by atoms with Crippen molar-refractivity contribution in [1.29, 1.82) is 0 Å². The number of fused-ring (bicyclic) bond motifs is 3. The highest BCUT2D eigenvalue weighted by Crippen LogP contribution is 2.61. The molecular formula is C18H24BrN3O. The first kappa shape index (κ1) is 15.5. The van der Waals surface area contributed by atoms with Crippen LogP contribution in [0.4, 0.5) is 0 Å². The highest BCUT2D eigenvalue weighted by molar-refractivity contribution is 9.10. The van der Waals surface area contributed by atoms with E-state index in [1.165, 1.54) is 11.1 Å². The Bertz CT molecular complexity index is 666. The summed E-state index contributed by atoms with van der Waals surface area (Å²) < 4.78 is 6.73. The normalized spacial score (nSPS) is 35.9. The van der Waals surface area contributed by atoms with Crippen molar-refractivity contribution in [2.24, 2.45) is 16.1 Å². The van der Waals surface area contributed by atoms with Gasteiger partial charge >= 0.3 is 0 Å². The number of halogens is 1. The van der Waals surface area contributed by atoms with Crippen LogP contribution in [0.2, 0.25) is 0 Å². The molecule has 1 aromatic carbocycles. The topological polar surface area (TPSA) is 50.9 Å². The van der Waals surface area contributed by atoms with E-state index in [1.807, 2.05) is 7.11 Å². The SMILES string of the molecule is COC1CCC2(CC1)Cc1ccc(Br)cc1C21CN(C)C(N)=N1. The maximum absolute atomic E-state index is 6.21. The minimum absolute atomic E-state index is 0.181. The third kappa shape index (κ3) is 2.09. The molecule has 1 unspecified atom stereocenters. The van der Waals surface area contributed by atoms with Crippen molar-refractivity contribution in [1.82, 2.24) is 4.90 Å². The Balaban J connectivity index is 1.82. The molecule has 0 aromatic heterocycles. The maximum atomic E-state index is 6.21. The van der Waals surface area contributed by atoms with Gasteiger partial charge in [0.15, 0.2) is 5.96 Å². The average Bonchev–Trinajstić information content (AvgIpc) is 2.97. The Morgan fingerprint density at radius 2 is 2.09 bits per heavy atom. The van der Waals surface area contributed by atoms with Crippen LogP contribution in [0.25, 0.3) is 0 Å². The number of hydrogen-bond donors (Lipinski definition) is 1. The van der Waals surface area contributed by atoms with Crippen LogP contribution in [-0.2, 0) is 16.7 Å². The van der Waals surface area contributed by atoms with Crippen molar-refractivity contribution < 1.29 is 4.74 Å². The van der Waals surface area contributed by atoms with Gasteiger partial charge in [0.1, 0.15) is 5.54 Å². The number of nitrogens with zero attached hydrogens (tertiary/aromatic N) is 2. The van der Waals surface area contributed by atoms with Gasteiger partial charge in [-0.25, -0.2) is 4.99 Å². The van der Waals surface area contributed by atoms with Gasteiger partial charge in [0.25, 0.3) is 0 Å². The molecule has 4 nitrogen and oxygen atoms in total. The van der Waals surface area contributed by atoms with Crippen molar-refractivity contribution >= 4 is 21.9 Å². The van der Waals surface area contributed by atoms with E-state index < -0.39 is 0 Å². The standard InChI is InChI=1S/C18H24BrN3O/c1-22-11-18(21-16(22)20)15-9-13(19)4-3-12(15)10-17(18)7-5-14(23-2)6-8-17/h3-4,9,14H,5-8,10-11H2,1-2H3,(H2,20,21). The zero-order chi connectivity index (χ0) is 16.2. The monoisotopic (exact) mass is 377 g/mol.